The minimum absolute atomic E-state index is 0.733. The SMILES string of the molecule is CC(C)(Br)C(=O)O.CCC#CO. The summed E-state index contributed by atoms with van der Waals surface area (Å²) in [4.78, 5) is 9.97. The first-order valence-corrected chi connectivity index (χ1v) is 4.19. The normalized spacial score (nSPS) is 8.67. The van der Waals surface area contributed by atoms with Crippen molar-refractivity contribution in [3.8, 4) is 12.0 Å². The second-order valence-electron chi connectivity index (χ2n) is 2.42. The molecule has 0 saturated carbocycles. The van der Waals surface area contributed by atoms with E-state index in [1.807, 2.05) is 6.92 Å². The average molecular weight is 237 g/mol. The number of rotatable bonds is 1. The van der Waals surface area contributed by atoms with Crippen LogP contribution in [-0.2, 0) is 4.79 Å². The van der Waals surface area contributed by atoms with Gasteiger partial charge in [-0.3, -0.25) is 4.79 Å². The summed E-state index contributed by atoms with van der Waals surface area (Å²) in [5.41, 5.74) is 0. The highest BCUT2D eigenvalue weighted by Gasteiger charge is 2.21. The zero-order valence-electron chi connectivity index (χ0n) is 7.39. The average Bonchev–Trinajstić information content (AvgIpc) is 1.88. The van der Waals surface area contributed by atoms with E-state index in [0.29, 0.717) is 0 Å². The number of hydrogen-bond acceptors (Lipinski definition) is 2. The molecule has 0 bridgehead atoms. The maximum atomic E-state index is 9.97. The van der Waals surface area contributed by atoms with Crippen molar-refractivity contribution in [2.45, 2.75) is 31.5 Å². The van der Waals surface area contributed by atoms with Gasteiger partial charge in [0.1, 0.15) is 10.4 Å². The molecule has 0 unspecified atom stereocenters. The van der Waals surface area contributed by atoms with Gasteiger partial charge in [0, 0.05) is 6.42 Å². The van der Waals surface area contributed by atoms with Gasteiger partial charge in [-0.1, -0.05) is 28.8 Å². The third kappa shape index (κ3) is 12.0. The minimum atomic E-state index is -0.840. The second kappa shape index (κ2) is 6.99. The Bertz CT molecular complexity index is 183. The fourth-order valence-corrected chi connectivity index (χ4v) is 0.0791. The lowest BCUT2D eigenvalue weighted by Gasteiger charge is -2.06. The van der Waals surface area contributed by atoms with Crippen LogP contribution >= 0.6 is 15.9 Å². The molecule has 0 fully saturated rings. The van der Waals surface area contributed by atoms with Gasteiger partial charge in [0.2, 0.25) is 0 Å². The number of hydrogen-bond donors (Lipinski definition) is 2. The lowest BCUT2D eigenvalue weighted by atomic mass is 10.2. The zero-order valence-corrected chi connectivity index (χ0v) is 8.97. The number of carboxylic acid groups (broad SMARTS) is 1. The fourth-order valence-electron chi connectivity index (χ4n) is 0.0791. The van der Waals surface area contributed by atoms with Gasteiger partial charge in [0.15, 0.2) is 0 Å². The van der Waals surface area contributed by atoms with Gasteiger partial charge in [-0.25, -0.2) is 0 Å². The molecule has 70 valence electrons. The summed E-state index contributed by atoms with van der Waals surface area (Å²) in [6.45, 7) is 5.04. The summed E-state index contributed by atoms with van der Waals surface area (Å²) < 4.78 is -0.771. The molecule has 0 rings (SSSR count). The Labute approximate surface area is 80.9 Å². The summed E-state index contributed by atoms with van der Waals surface area (Å²) in [5.74, 6) is 1.58. The first kappa shape index (κ1) is 13.9. The van der Waals surface area contributed by atoms with E-state index in [1.54, 1.807) is 20.0 Å². The van der Waals surface area contributed by atoms with Gasteiger partial charge in [-0.2, -0.15) is 0 Å². The third-order valence-corrected chi connectivity index (χ3v) is 1.10. The molecule has 0 aliphatic carbocycles. The Balaban J connectivity index is 0. The Kier molecular flexibility index (Phi) is 8.07. The summed E-state index contributed by atoms with van der Waals surface area (Å²) in [5, 5.41) is 15.9. The molecular weight excluding hydrogens is 224 g/mol. The monoisotopic (exact) mass is 236 g/mol. The number of carboxylic acids is 1. The van der Waals surface area contributed by atoms with Crippen LogP contribution < -0.4 is 0 Å². The molecule has 0 spiro atoms. The smallest absolute Gasteiger partial charge is 0.319 e. The number of aliphatic hydroxyl groups excluding tert-OH is 1. The van der Waals surface area contributed by atoms with E-state index in [9.17, 15) is 4.79 Å². The lowest BCUT2D eigenvalue weighted by Crippen LogP contribution is -2.22. The Morgan fingerprint density at radius 2 is 1.92 bits per heavy atom. The molecule has 2 N–H and O–H groups in total. The predicted molar refractivity (Wildman–Crippen MR) is 50.6 cm³/mol. The zero-order chi connectivity index (χ0) is 10.2. The molecule has 0 amide bonds. The molecule has 12 heavy (non-hydrogen) atoms. The number of aliphatic hydroxyl groups is 1. The number of aliphatic carboxylic acids is 1. The lowest BCUT2D eigenvalue weighted by molar-refractivity contribution is -0.138. The van der Waals surface area contributed by atoms with Gasteiger partial charge in [0.25, 0.3) is 0 Å². The molecular formula is C8H13BrO3. The highest BCUT2D eigenvalue weighted by molar-refractivity contribution is 9.10. The Hall–Kier alpha value is -0.690. The van der Waals surface area contributed by atoms with E-state index < -0.39 is 10.3 Å². The van der Waals surface area contributed by atoms with Crippen LogP contribution in [0.3, 0.4) is 0 Å². The second-order valence-corrected chi connectivity index (χ2v) is 4.40. The van der Waals surface area contributed by atoms with Crippen LogP contribution in [0, 0.1) is 12.0 Å². The molecule has 0 aromatic heterocycles. The molecule has 4 heteroatoms. The first-order chi connectivity index (χ1) is 5.36. The first-order valence-electron chi connectivity index (χ1n) is 3.40. The molecule has 0 heterocycles. The van der Waals surface area contributed by atoms with Gasteiger partial charge in [-0.05, 0) is 13.8 Å². The summed E-state index contributed by atoms with van der Waals surface area (Å²) in [7, 11) is 0. The van der Waals surface area contributed by atoms with E-state index in [-0.39, 0.29) is 0 Å². The van der Waals surface area contributed by atoms with E-state index in [2.05, 4.69) is 21.9 Å². The third-order valence-electron chi connectivity index (χ3n) is 0.764. The Morgan fingerprint density at radius 1 is 1.58 bits per heavy atom. The van der Waals surface area contributed by atoms with Crippen LogP contribution in [0.5, 0.6) is 0 Å². The summed E-state index contributed by atoms with van der Waals surface area (Å²) >= 11 is 2.94. The van der Waals surface area contributed by atoms with Gasteiger partial charge in [-0.15, -0.1) is 0 Å². The van der Waals surface area contributed by atoms with Crippen LogP contribution in [0.2, 0.25) is 0 Å². The maximum absolute atomic E-state index is 9.97. The standard InChI is InChI=1S/C4H7BrO2.C4H6O/c1-4(2,5)3(6)7;1-2-3-4-5/h1-2H3,(H,6,7);5H,2H2,1H3. The number of halogens is 1. The highest BCUT2D eigenvalue weighted by Crippen LogP contribution is 2.14. The largest absolute Gasteiger partial charge is 0.480 e. The molecule has 0 radical (unpaired) electrons. The highest BCUT2D eigenvalue weighted by atomic mass is 79.9. The van der Waals surface area contributed by atoms with Gasteiger partial charge in [0.05, 0.1) is 0 Å². The van der Waals surface area contributed by atoms with E-state index in [0.717, 1.165) is 6.42 Å². The number of alkyl halides is 1. The van der Waals surface area contributed by atoms with Crippen LogP contribution in [0.1, 0.15) is 27.2 Å². The predicted octanol–water partition coefficient (Wildman–Crippen LogP) is 1.97. The van der Waals surface area contributed by atoms with Crippen LogP contribution in [0.15, 0.2) is 0 Å². The van der Waals surface area contributed by atoms with Crippen molar-refractivity contribution in [1.29, 1.82) is 0 Å². The fraction of sp³-hybridized carbons (Fsp3) is 0.625. The van der Waals surface area contributed by atoms with Crippen molar-refractivity contribution in [1.82, 2.24) is 0 Å². The summed E-state index contributed by atoms with van der Waals surface area (Å²) in [6.07, 6.45) is 2.50. The molecule has 3 nitrogen and oxygen atoms in total. The van der Waals surface area contributed by atoms with Gasteiger partial charge < -0.3 is 10.2 Å². The van der Waals surface area contributed by atoms with E-state index in [1.165, 1.54) is 0 Å². The minimum Gasteiger partial charge on any atom is -0.480 e. The van der Waals surface area contributed by atoms with Crippen molar-refractivity contribution in [2.24, 2.45) is 0 Å². The maximum Gasteiger partial charge on any atom is 0.319 e. The van der Waals surface area contributed by atoms with Crippen LogP contribution in [0.4, 0.5) is 0 Å². The number of carbonyl (C=O) groups is 1. The molecule has 0 atom stereocenters. The molecule has 0 saturated heterocycles. The van der Waals surface area contributed by atoms with Crippen LogP contribution in [-0.4, -0.2) is 20.5 Å². The quantitative estimate of drug-likeness (QED) is 0.541. The molecule has 0 aliphatic heterocycles. The van der Waals surface area contributed by atoms with Crippen molar-refractivity contribution >= 4 is 21.9 Å². The van der Waals surface area contributed by atoms with E-state index in [4.69, 9.17) is 10.2 Å². The van der Waals surface area contributed by atoms with E-state index >= 15 is 0 Å². The molecule has 0 aliphatic rings. The van der Waals surface area contributed by atoms with Crippen LogP contribution in [0.25, 0.3) is 0 Å². The molecule has 0 aromatic carbocycles. The van der Waals surface area contributed by atoms with Crippen molar-refractivity contribution in [3.05, 3.63) is 0 Å². The van der Waals surface area contributed by atoms with Gasteiger partial charge >= 0.3 is 5.97 Å². The summed E-state index contributed by atoms with van der Waals surface area (Å²) in [6, 6.07) is 0. The van der Waals surface area contributed by atoms with Crippen molar-refractivity contribution in [2.75, 3.05) is 0 Å². The Morgan fingerprint density at radius 3 is 1.92 bits per heavy atom. The topological polar surface area (TPSA) is 57.5 Å². The van der Waals surface area contributed by atoms with Crippen molar-refractivity contribution < 1.29 is 15.0 Å². The van der Waals surface area contributed by atoms with Crippen molar-refractivity contribution in [3.63, 3.8) is 0 Å². The molecule has 0 aromatic rings.